The maximum Gasteiger partial charge on any atom is 0.143 e. The molecule has 0 fully saturated rings. The maximum atomic E-state index is 5.97. The standard InChI is InChI=1S/C11H15N3O2S/c1-6-14-10-9(8(16-3)5-15-2)7(12)4-13-11(10)17-6/h4,8H,5,12H2,1-3H3. The number of ether oxygens (including phenoxy) is 2. The summed E-state index contributed by atoms with van der Waals surface area (Å²) in [4.78, 5) is 9.62. The van der Waals surface area contributed by atoms with Gasteiger partial charge in [0.1, 0.15) is 16.5 Å². The lowest BCUT2D eigenvalue weighted by atomic mass is 10.1. The SMILES string of the molecule is COCC(OC)c1c(N)cnc2sc(C)nc12. The van der Waals surface area contributed by atoms with Crippen LogP contribution in [0, 0.1) is 6.92 Å². The molecule has 2 aromatic heterocycles. The van der Waals surface area contributed by atoms with E-state index in [4.69, 9.17) is 15.2 Å². The summed E-state index contributed by atoms with van der Waals surface area (Å²) in [5, 5.41) is 0.964. The fourth-order valence-corrected chi connectivity index (χ4v) is 2.55. The van der Waals surface area contributed by atoms with Gasteiger partial charge in [-0.25, -0.2) is 9.97 Å². The molecule has 1 unspecified atom stereocenters. The fraction of sp³-hybridized carbons (Fsp3) is 0.455. The summed E-state index contributed by atoms with van der Waals surface area (Å²) in [5.74, 6) is 0. The molecule has 2 heterocycles. The molecular weight excluding hydrogens is 238 g/mol. The monoisotopic (exact) mass is 253 g/mol. The van der Waals surface area contributed by atoms with Crippen molar-refractivity contribution in [3.63, 3.8) is 0 Å². The first-order valence-corrected chi connectivity index (χ1v) is 6.02. The normalized spacial score (nSPS) is 13.1. The van der Waals surface area contributed by atoms with Gasteiger partial charge in [-0.1, -0.05) is 11.3 Å². The first-order valence-electron chi connectivity index (χ1n) is 5.20. The van der Waals surface area contributed by atoms with E-state index in [1.54, 1.807) is 31.8 Å². The van der Waals surface area contributed by atoms with Gasteiger partial charge in [-0.05, 0) is 6.92 Å². The summed E-state index contributed by atoms with van der Waals surface area (Å²) in [7, 11) is 3.27. The van der Waals surface area contributed by atoms with E-state index in [0.29, 0.717) is 12.3 Å². The molecule has 6 heteroatoms. The molecule has 0 spiro atoms. The van der Waals surface area contributed by atoms with E-state index in [0.717, 1.165) is 20.9 Å². The minimum absolute atomic E-state index is 0.216. The molecule has 92 valence electrons. The average Bonchev–Trinajstić information content (AvgIpc) is 2.67. The molecule has 2 aromatic rings. The Morgan fingerprint density at radius 1 is 1.47 bits per heavy atom. The Labute approximate surface area is 104 Å². The highest BCUT2D eigenvalue weighted by Gasteiger charge is 2.20. The molecule has 0 saturated heterocycles. The zero-order chi connectivity index (χ0) is 12.4. The van der Waals surface area contributed by atoms with E-state index >= 15 is 0 Å². The number of anilines is 1. The van der Waals surface area contributed by atoms with Gasteiger partial charge in [0.15, 0.2) is 0 Å². The highest BCUT2D eigenvalue weighted by Crippen LogP contribution is 2.32. The number of aryl methyl sites for hydroxylation is 1. The van der Waals surface area contributed by atoms with Crippen molar-refractivity contribution < 1.29 is 9.47 Å². The van der Waals surface area contributed by atoms with Crippen molar-refractivity contribution in [2.45, 2.75) is 13.0 Å². The van der Waals surface area contributed by atoms with Crippen molar-refractivity contribution in [2.24, 2.45) is 0 Å². The third-order valence-electron chi connectivity index (χ3n) is 2.53. The molecule has 0 radical (unpaired) electrons. The Kier molecular flexibility index (Phi) is 3.56. The smallest absolute Gasteiger partial charge is 0.143 e. The van der Waals surface area contributed by atoms with Crippen molar-refractivity contribution in [3.05, 3.63) is 16.8 Å². The molecular formula is C11H15N3O2S. The lowest BCUT2D eigenvalue weighted by Gasteiger charge is -2.16. The van der Waals surface area contributed by atoms with Crippen LogP contribution >= 0.6 is 11.3 Å². The maximum absolute atomic E-state index is 5.97. The third-order valence-corrected chi connectivity index (χ3v) is 3.41. The summed E-state index contributed by atoms with van der Waals surface area (Å²) in [6.07, 6.45) is 1.43. The van der Waals surface area contributed by atoms with Crippen LogP contribution in [0.2, 0.25) is 0 Å². The molecule has 5 nitrogen and oxygen atoms in total. The molecule has 2 N–H and O–H groups in total. The lowest BCUT2D eigenvalue weighted by molar-refractivity contribution is 0.0286. The van der Waals surface area contributed by atoms with Gasteiger partial charge in [0.05, 0.1) is 23.5 Å². The highest BCUT2D eigenvalue weighted by molar-refractivity contribution is 7.18. The minimum atomic E-state index is -0.216. The van der Waals surface area contributed by atoms with Crippen LogP contribution in [0.1, 0.15) is 16.7 Å². The van der Waals surface area contributed by atoms with E-state index in [2.05, 4.69) is 9.97 Å². The van der Waals surface area contributed by atoms with Crippen LogP contribution in [0.5, 0.6) is 0 Å². The Morgan fingerprint density at radius 2 is 2.24 bits per heavy atom. The van der Waals surface area contributed by atoms with Gasteiger partial charge in [0.25, 0.3) is 0 Å². The molecule has 0 aromatic carbocycles. The summed E-state index contributed by atoms with van der Waals surface area (Å²) in [5.41, 5.74) is 8.24. The number of hydrogen-bond acceptors (Lipinski definition) is 6. The van der Waals surface area contributed by atoms with Crippen molar-refractivity contribution in [1.82, 2.24) is 9.97 Å². The number of pyridine rings is 1. The van der Waals surface area contributed by atoms with Gasteiger partial charge in [0, 0.05) is 19.8 Å². The minimum Gasteiger partial charge on any atom is -0.397 e. The fourth-order valence-electron chi connectivity index (χ4n) is 1.77. The quantitative estimate of drug-likeness (QED) is 0.901. The van der Waals surface area contributed by atoms with Crippen molar-refractivity contribution in [3.8, 4) is 0 Å². The first kappa shape index (κ1) is 12.2. The summed E-state index contributed by atoms with van der Waals surface area (Å²) >= 11 is 1.55. The number of nitrogens with zero attached hydrogens (tertiary/aromatic N) is 2. The van der Waals surface area contributed by atoms with E-state index in [-0.39, 0.29) is 6.10 Å². The summed E-state index contributed by atoms with van der Waals surface area (Å²) in [6.45, 7) is 2.39. The number of hydrogen-bond donors (Lipinski definition) is 1. The van der Waals surface area contributed by atoms with E-state index in [1.807, 2.05) is 6.92 Å². The number of thiazole rings is 1. The van der Waals surface area contributed by atoms with Crippen molar-refractivity contribution in [1.29, 1.82) is 0 Å². The van der Waals surface area contributed by atoms with Gasteiger partial charge in [0.2, 0.25) is 0 Å². The molecule has 0 aliphatic heterocycles. The number of nitrogen functional groups attached to an aromatic ring is 1. The largest absolute Gasteiger partial charge is 0.397 e. The second kappa shape index (κ2) is 4.95. The predicted molar refractivity (Wildman–Crippen MR) is 68.2 cm³/mol. The molecule has 1 atom stereocenters. The van der Waals surface area contributed by atoms with E-state index in [9.17, 15) is 0 Å². The zero-order valence-electron chi connectivity index (χ0n) is 10.1. The third kappa shape index (κ3) is 2.24. The number of fused-ring (bicyclic) bond motifs is 1. The molecule has 0 saturated carbocycles. The van der Waals surface area contributed by atoms with Crippen LogP contribution in [0.15, 0.2) is 6.20 Å². The number of rotatable bonds is 4. The molecule has 0 aliphatic carbocycles. The molecule has 2 rings (SSSR count). The van der Waals surface area contributed by atoms with Crippen LogP contribution in [-0.2, 0) is 9.47 Å². The average molecular weight is 253 g/mol. The highest BCUT2D eigenvalue weighted by atomic mass is 32.1. The van der Waals surface area contributed by atoms with Crippen molar-refractivity contribution in [2.75, 3.05) is 26.6 Å². The molecule has 0 aliphatic rings. The van der Waals surface area contributed by atoms with Gasteiger partial charge in [-0.2, -0.15) is 0 Å². The number of aromatic nitrogens is 2. The zero-order valence-corrected chi connectivity index (χ0v) is 10.9. The Morgan fingerprint density at radius 3 is 2.88 bits per heavy atom. The van der Waals surface area contributed by atoms with Gasteiger partial charge < -0.3 is 15.2 Å². The Bertz CT molecular complexity index is 527. The van der Waals surface area contributed by atoms with Gasteiger partial charge in [-0.3, -0.25) is 0 Å². The Hall–Kier alpha value is -1.24. The lowest BCUT2D eigenvalue weighted by Crippen LogP contribution is -2.12. The first-order chi connectivity index (χ1) is 8.17. The van der Waals surface area contributed by atoms with E-state index in [1.165, 1.54) is 0 Å². The summed E-state index contributed by atoms with van der Waals surface area (Å²) < 4.78 is 10.5. The molecule has 0 bridgehead atoms. The van der Waals surface area contributed by atoms with Crippen LogP contribution in [-0.4, -0.2) is 30.8 Å². The number of methoxy groups -OCH3 is 2. The van der Waals surface area contributed by atoms with Crippen LogP contribution in [0.4, 0.5) is 5.69 Å². The second-order valence-corrected chi connectivity index (χ2v) is 4.88. The molecule has 17 heavy (non-hydrogen) atoms. The van der Waals surface area contributed by atoms with Crippen LogP contribution < -0.4 is 5.73 Å². The Balaban J connectivity index is 2.60. The predicted octanol–water partition coefficient (Wildman–Crippen LogP) is 1.92. The van der Waals surface area contributed by atoms with Crippen LogP contribution in [0.25, 0.3) is 10.3 Å². The van der Waals surface area contributed by atoms with Crippen molar-refractivity contribution >= 4 is 27.4 Å². The van der Waals surface area contributed by atoms with Crippen LogP contribution in [0.3, 0.4) is 0 Å². The van der Waals surface area contributed by atoms with E-state index < -0.39 is 0 Å². The van der Waals surface area contributed by atoms with Gasteiger partial charge in [-0.15, -0.1) is 0 Å². The summed E-state index contributed by atoms with van der Waals surface area (Å²) in [6, 6.07) is 0. The topological polar surface area (TPSA) is 70.3 Å². The molecule has 0 amide bonds. The number of nitrogens with two attached hydrogens (primary N) is 1. The van der Waals surface area contributed by atoms with Gasteiger partial charge >= 0.3 is 0 Å². The second-order valence-electron chi connectivity index (χ2n) is 3.69.